The Labute approximate surface area is 180 Å². The van der Waals surface area contributed by atoms with Gasteiger partial charge in [0.2, 0.25) is 5.91 Å². The fourth-order valence-electron chi connectivity index (χ4n) is 3.73. The third-order valence-electron chi connectivity index (χ3n) is 5.08. The second-order valence-electron chi connectivity index (χ2n) is 7.10. The number of aromatic amines is 1. The van der Waals surface area contributed by atoms with Gasteiger partial charge in [-0.2, -0.15) is 0 Å². The lowest BCUT2D eigenvalue weighted by Gasteiger charge is -2.27. The van der Waals surface area contributed by atoms with Crippen molar-refractivity contribution in [2.24, 2.45) is 0 Å². The predicted molar refractivity (Wildman–Crippen MR) is 120 cm³/mol. The van der Waals surface area contributed by atoms with Gasteiger partial charge in [-0.25, -0.2) is 0 Å². The topological polar surface area (TPSA) is 82.3 Å². The van der Waals surface area contributed by atoms with E-state index in [1.807, 2.05) is 55.6 Å². The van der Waals surface area contributed by atoms with Gasteiger partial charge in [-0.15, -0.1) is 0 Å². The van der Waals surface area contributed by atoms with E-state index in [2.05, 4.69) is 31.6 Å². The van der Waals surface area contributed by atoms with Crippen molar-refractivity contribution in [2.45, 2.75) is 19.0 Å². The van der Waals surface area contributed by atoms with Gasteiger partial charge in [0.1, 0.15) is 12.6 Å². The molecule has 1 aliphatic rings. The number of rotatable bonds is 6. The molecule has 3 aromatic rings. The zero-order valence-corrected chi connectivity index (χ0v) is 17.6. The molecule has 3 N–H and O–H groups in total. The maximum absolute atomic E-state index is 11.9. The number of methoxy groups -OCH3 is 1. The quantitative estimate of drug-likeness (QED) is 0.529. The summed E-state index contributed by atoms with van der Waals surface area (Å²) in [5, 5.41) is 6.92. The molecule has 1 fully saturated rings. The van der Waals surface area contributed by atoms with Crippen LogP contribution in [0.4, 0.5) is 11.4 Å². The van der Waals surface area contributed by atoms with Crippen LogP contribution in [-0.2, 0) is 9.53 Å². The van der Waals surface area contributed by atoms with Gasteiger partial charge >= 0.3 is 0 Å². The molecule has 1 amide bonds. The molecule has 30 heavy (non-hydrogen) atoms. The molecular weight excluding hydrogens is 398 g/mol. The number of amides is 1. The van der Waals surface area contributed by atoms with Gasteiger partial charge < -0.3 is 25.3 Å². The van der Waals surface area contributed by atoms with Gasteiger partial charge in [0.05, 0.1) is 11.7 Å². The minimum atomic E-state index is -0.189. The fraction of sp³-hybridized carbons (Fsp3) is 0.227. The molecule has 154 valence electrons. The molecule has 2 atom stereocenters. The molecule has 2 aromatic heterocycles. The number of H-pyrrole nitrogens is 1. The fourth-order valence-corrected chi connectivity index (χ4v) is 4.08. The minimum Gasteiger partial charge on any atom is -0.375 e. The molecule has 4 rings (SSSR count). The highest BCUT2D eigenvalue weighted by Gasteiger charge is 2.41. The van der Waals surface area contributed by atoms with E-state index in [1.54, 1.807) is 6.20 Å². The molecule has 8 heteroatoms. The van der Waals surface area contributed by atoms with Gasteiger partial charge in [0.15, 0.2) is 5.11 Å². The van der Waals surface area contributed by atoms with Crippen LogP contribution < -0.4 is 15.5 Å². The third-order valence-corrected chi connectivity index (χ3v) is 5.39. The number of benzene rings is 1. The molecule has 0 saturated carbocycles. The van der Waals surface area contributed by atoms with Gasteiger partial charge in [-0.05, 0) is 67.2 Å². The van der Waals surface area contributed by atoms with Crippen molar-refractivity contribution in [3.63, 3.8) is 0 Å². The summed E-state index contributed by atoms with van der Waals surface area (Å²) in [4.78, 5) is 21.8. The average Bonchev–Trinajstić information content (AvgIpc) is 3.38. The Morgan fingerprint density at radius 3 is 2.80 bits per heavy atom. The van der Waals surface area contributed by atoms with Crippen LogP contribution >= 0.6 is 12.2 Å². The Morgan fingerprint density at radius 1 is 1.27 bits per heavy atom. The van der Waals surface area contributed by atoms with Crippen LogP contribution in [0.3, 0.4) is 0 Å². The minimum absolute atomic E-state index is 0.0158. The maximum Gasteiger partial charge on any atom is 0.250 e. The Bertz CT molecular complexity index is 1040. The molecular formula is C22H23N5O2S. The van der Waals surface area contributed by atoms with Crippen molar-refractivity contribution >= 4 is 34.6 Å². The van der Waals surface area contributed by atoms with Gasteiger partial charge in [-0.3, -0.25) is 9.78 Å². The third kappa shape index (κ3) is 3.92. The molecule has 1 aliphatic heterocycles. The number of pyridine rings is 1. The number of anilines is 2. The maximum atomic E-state index is 11.9. The van der Waals surface area contributed by atoms with Crippen molar-refractivity contribution < 1.29 is 9.53 Å². The van der Waals surface area contributed by atoms with Crippen molar-refractivity contribution in [2.75, 3.05) is 23.9 Å². The smallest absolute Gasteiger partial charge is 0.250 e. The van der Waals surface area contributed by atoms with E-state index >= 15 is 0 Å². The number of hydrogen-bond acceptors (Lipinski definition) is 4. The summed E-state index contributed by atoms with van der Waals surface area (Å²) in [6.45, 7) is 1.97. The summed E-state index contributed by atoms with van der Waals surface area (Å²) in [7, 11) is 1.50. The van der Waals surface area contributed by atoms with Crippen molar-refractivity contribution in [3.8, 4) is 0 Å². The lowest BCUT2D eigenvalue weighted by Crippen LogP contribution is -2.29. The lowest BCUT2D eigenvalue weighted by atomic mass is 10.0. The number of nitrogens with zero attached hydrogens (tertiary/aromatic N) is 2. The molecule has 0 radical (unpaired) electrons. The summed E-state index contributed by atoms with van der Waals surface area (Å²) >= 11 is 5.72. The van der Waals surface area contributed by atoms with E-state index in [0.29, 0.717) is 5.11 Å². The van der Waals surface area contributed by atoms with E-state index in [-0.39, 0.29) is 24.6 Å². The Balaban J connectivity index is 1.69. The summed E-state index contributed by atoms with van der Waals surface area (Å²) in [6, 6.07) is 15.6. The number of carbonyl (C=O) groups is 1. The van der Waals surface area contributed by atoms with E-state index in [4.69, 9.17) is 17.0 Å². The highest BCUT2D eigenvalue weighted by Crippen LogP contribution is 2.41. The van der Waals surface area contributed by atoms with E-state index in [1.165, 1.54) is 7.11 Å². The van der Waals surface area contributed by atoms with Crippen LogP contribution in [0.1, 0.15) is 29.0 Å². The first-order valence-electron chi connectivity index (χ1n) is 9.62. The second-order valence-corrected chi connectivity index (χ2v) is 7.49. The van der Waals surface area contributed by atoms with Crippen molar-refractivity contribution in [1.82, 2.24) is 15.3 Å². The van der Waals surface area contributed by atoms with Crippen LogP contribution in [0, 0.1) is 6.92 Å². The first-order chi connectivity index (χ1) is 14.6. The number of thiocarbonyl (C=S) groups is 1. The number of aromatic nitrogens is 2. The molecule has 0 aliphatic carbocycles. The Kier molecular flexibility index (Phi) is 5.78. The van der Waals surface area contributed by atoms with E-state index < -0.39 is 0 Å². The summed E-state index contributed by atoms with van der Waals surface area (Å²) in [6.07, 6.45) is 3.69. The van der Waals surface area contributed by atoms with Crippen LogP contribution in [0.2, 0.25) is 0 Å². The highest BCUT2D eigenvalue weighted by atomic mass is 32.1. The standard InChI is InChI=1S/C22H23N5O2S/c1-14-12-15(8-9-16(14)25-19(28)13-29-2)27-21(18-7-5-11-24-18)20(26-22(27)30)17-6-3-4-10-23-17/h3-12,20-21,24H,13H2,1-2H3,(H,25,28)(H,26,30)/t20-,21-/m0/s1. The number of nitrogens with one attached hydrogen (secondary N) is 3. The largest absolute Gasteiger partial charge is 0.375 e. The highest BCUT2D eigenvalue weighted by molar-refractivity contribution is 7.80. The average molecular weight is 422 g/mol. The lowest BCUT2D eigenvalue weighted by molar-refractivity contribution is -0.119. The van der Waals surface area contributed by atoms with Gasteiger partial charge in [0.25, 0.3) is 0 Å². The molecule has 1 saturated heterocycles. The normalized spacial score (nSPS) is 18.3. The zero-order chi connectivity index (χ0) is 21.1. The molecule has 3 heterocycles. The van der Waals surface area contributed by atoms with Gasteiger partial charge in [-0.1, -0.05) is 6.07 Å². The van der Waals surface area contributed by atoms with Crippen LogP contribution in [0.5, 0.6) is 0 Å². The van der Waals surface area contributed by atoms with E-state index in [0.717, 1.165) is 28.3 Å². The Hall–Kier alpha value is -3.23. The summed E-state index contributed by atoms with van der Waals surface area (Å²) < 4.78 is 4.89. The zero-order valence-electron chi connectivity index (χ0n) is 16.8. The first kappa shape index (κ1) is 20.1. The summed E-state index contributed by atoms with van der Waals surface area (Å²) in [5.74, 6) is -0.189. The monoisotopic (exact) mass is 421 g/mol. The number of ether oxygens (including phenoxy) is 1. The molecule has 0 bridgehead atoms. The Morgan fingerprint density at radius 2 is 2.13 bits per heavy atom. The molecule has 7 nitrogen and oxygen atoms in total. The number of carbonyl (C=O) groups excluding carboxylic acids is 1. The van der Waals surface area contributed by atoms with Crippen LogP contribution in [0.15, 0.2) is 60.9 Å². The molecule has 1 aromatic carbocycles. The number of hydrogen-bond donors (Lipinski definition) is 3. The van der Waals surface area contributed by atoms with E-state index in [9.17, 15) is 4.79 Å². The summed E-state index contributed by atoms with van der Waals surface area (Å²) in [5.41, 5.74) is 4.57. The molecule has 0 unspecified atom stereocenters. The van der Waals surface area contributed by atoms with Crippen molar-refractivity contribution in [1.29, 1.82) is 0 Å². The SMILES string of the molecule is COCC(=O)Nc1ccc(N2C(=S)N[C@@H](c3ccccn3)[C@@H]2c2ccc[nH]2)cc1C. The first-order valence-corrected chi connectivity index (χ1v) is 10.0. The van der Waals surface area contributed by atoms with Gasteiger partial charge in [0, 0.05) is 36.6 Å². The number of aryl methyl sites for hydroxylation is 1. The van der Waals surface area contributed by atoms with Crippen molar-refractivity contribution in [3.05, 3.63) is 77.9 Å². The van der Waals surface area contributed by atoms with Crippen LogP contribution in [-0.4, -0.2) is 34.7 Å². The molecule has 0 spiro atoms. The second kappa shape index (κ2) is 8.64. The van der Waals surface area contributed by atoms with Crippen LogP contribution in [0.25, 0.3) is 0 Å². The predicted octanol–water partition coefficient (Wildman–Crippen LogP) is 3.48.